The van der Waals surface area contributed by atoms with Gasteiger partial charge >= 0.3 is 6.03 Å². The molecule has 1 fully saturated rings. The van der Waals surface area contributed by atoms with Gasteiger partial charge in [-0.05, 0) is 18.2 Å². The third kappa shape index (κ3) is 3.94. The molecule has 120 valence electrons. The summed E-state index contributed by atoms with van der Waals surface area (Å²) in [6.45, 7) is 1.09. The number of anilines is 1. The van der Waals surface area contributed by atoms with Crippen molar-refractivity contribution in [2.24, 2.45) is 0 Å². The molecule has 2 aromatic rings. The van der Waals surface area contributed by atoms with Gasteiger partial charge in [-0.2, -0.15) is 5.10 Å². The maximum absolute atomic E-state index is 13.6. The van der Waals surface area contributed by atoms with Gasteiger partial charge in [-0.3, -0.25) is 0 Å². The Hall–Kier alpha value is -2.70. The Morgan fingerprint density at radius 3 is 2.70 bits per heavy atom. The Kier molecular flexibility index (Phi) is 4.65. The average Bonchev–Trinajstić information content (AvgIpc) is 2.58. The number of likely N-dealkylation sites (tertiary alicyclic amines) is 1. The Balaban J connectivity index is 1.50. The molecule has 3 rings (SSSR count). The summed E-state index contributed by atoms with van der Waals surface area (Å²) in [7, 11) is 0. The van der Waals surface area contributed by atoms with Crippen molar-refractivity contribution in [2.45, 2.75) is 18.9 Å². The van der Waals surface area contributed by atoms with Gasteiger partial charge in [0, 0.05) is 38.2 Å². The standard InChI is InChI=1S/C16H17FN4O2/c17-13-4-1-2-5-14(13)19-16(22)21-10-7-12(8-11-21)23-15-6-3-9-18-20-15/h1-6,9,12H,7-8,10-11H2,(H,19,22). The quantitative estimate of drug-likeness (QED) is 0.945. The van der Waals surface area contributed by atoms with Crippen LogP contribution in [0.25, 0.3) is 0 Å². The highest BCUT2D eigenvalue weighted by atomic mass is 19.1. The van der Waals surface area contributed by atoms with E-state index in [1.807, 2.05) is 0 Å². The highest BCUT2D eigenvalue weighted by Crippen LogP contribution is 2.18. The monoisotopic (exact) mass is 316 g/mol. The van der Waals surface area contributed by atoms with Gasteiger partial charge in [-0.15, -0.1) is 5.10 Å². The predicted octanol–water partition coefficient (Wildman–Crippen LogP) is 2.69. The number of benzene rings is 1. The van der Waals surface area contributed by atoms with E-state index in [9.17, 15) is 9.18 Å². The van der Waals surface area contributed by atoms with E-state index in [1.165, 1.54) is 12.1 Å². The zero-order valence-electron chi connectivity index (χ0n) is 12.5. The number of aromatic nitrogens is 2. The maximum atomic E-state index is 13.6. The lowest BCUT2D eigenvalue weighted by atomic mass is 10.1. The fourth-order valence-electron chi connectivity index (χ4n) is 2.45. The molecule has 0 unspecified atom stereocenters. The second-order valence-electron chi connectivity index (χ2n) is 5.28. The summed E-state index contributed by atoms with van der Waals surface area (Å²) in [5, 5.41) is 10.2. The third-order valence-corrected chi connectivity index (χ3v) is 3.68. The van der Waals surface area contributed by atoms with E-state index in [4.69, 9.17) is 4.74 Å². The third-order valence-electron chi connectivity index (χ3n) is 3.68. The topological polar surface area (TPSA) is 67.4 Å². The minimum Gasteiger partial charge on any atom is -0.473 e. The van der Waals surface area contributed by atoms with E-state index >= 15 is 0 Å². The highest BCUT2D eigenvalue weighted by Gasteiger charge is 2.24. The van der Waals surface area contributed by atoms with E-state index < -0.39 is 5.82 Å². The van der Waals surface area contributed by atoms with Crippen molar-refractivity contribution >= 4 is 11.7 Å². The number of carbonyl (C=O) groups excluding carboxylic acids is 1. The summed E-state index contributed by atoms with van der Waals surface area (Å²) in [6, 6.07) is 9.34. The number of para-hydroxylation sites is 1. The molecule has 0 spiro atoms. The van der Waals surface area contributed by atoms with Crippen LogP contribution in [0.3, 0.4) is 0 Å². The fraction of sp³-hybridized carbons (Fsp3) is 0.312. The van der Waals surface area contributed by atoms with Crippen LogP contribution < -0.4 is 10.1 Å². The maximum Gasteiger partial charge on any atom is 0.321 e. The van der Waals surface area contributed by atoms with Crippen LogP contribution in [-0.2, 0) is 0 Å². The SMILES string of the molecule is O=C(Nc1ccccc1F)N1CCC(Oc2cccnn2)CC1. The van der Waals surface area contributed by atoms with Crippen LogP contribution >= 0.6 is 0 Å². The van der Waals surface area contributed by atoms with E-state index in [0.717, 1.165) is 0 Å². The minimum atomic E-state index is -0.443. The van der Waals surface area contributed by atoms with Crippen LogP contribution in [0, 0.1) is 5.82 Å². The first-order chi connectivity index (χ1) is 11.2. The average molecular weight is 316 g/mol. The number of hydrogen-bond donors (Lipinski definition) is 1. The lowest BCUT2D eigenvalue weighted by Gasteiger charge is -2.31. The van der Waals surface area contributed by atoms with Gasteiger partial charge in [0.05, 0.1) is 5.69 Å². The molecule has 1 N–H and O–H groups in total. The molecule has 1 aliphatic rings. The normalized spacial score (nSPS) is 15.3. The second-order valence-corrected chi connectivity index (χ2v) is 5.28. The zero-order chi connectivity index (χ0) is 16.1. The summed E-state index contributed by atoms with van der Waals surface area (Å²) < 4.78 is 19.3. The van der Waals surface area contributed by atoms with E-state index in [1.54, 1.807) is 35.4 Å². The molecular weight excluding hydrogens is 299 g/mol. The molecule has 23 heavy (non-hydrogen) atoms. The van der Waals surface area contributed by atoms with Crippen LogP contribution in [0.1, 0.15) is 12.8 Å². The van der Waals surface area contributed by atoms with Crippen molar-refractivity contribution in [3.63, 3.8) is 0 Å². The zero-order valence-corrected chi connectivity index (χ0v) is 12.5. The summed E-state index contributed by atoms with van der Waals surface area (Å²) in [5.74, 6) is 0.0449. The molecular formula is C16H17FN4O2. The van der Waals surface area contributed by atoms with Crippen molar-refractivity contribution in [3.05, 3.63) is 48.4 Å². The second kappa shape index (κ2) is 7.04. The molecule has 0 atom stereocenters. The molecule has 2 amide bonds. The van der Waals surface area contributed by atoms with Crippen molar-refractivity contribution in [1.82, 2.24) is 15.1 Å². The molecule has 1 aromatic heterocycles. The Morgan fingerprint density at radius 2 is 2.00 bits per heavy atom. The van der Waals surface area contributed by atoms with Gasteiger partial charge in [0.25, 0.3) is 0 Å². The fourth-order valence-corrected chi connectivity index (χ4v) is 2.45. The molecule has 6 nitrogen and oxygen atoms in total. The molecule has 1 aliphatic heterocycles. The van der Waals surface area contributed by atoms with Crippen LogP contribution in [0.2, 0.25) is 0 Å². The van der Waals surface area contributed by atoms with Crippen molar-refractivity contribution in [2.75, 3.05) is 18.4 Å². The number of ether oxygens (including phenoxy) is 1. The number of halogens is 1. The number of piperidine rings is 1. The molecule has 2 heterocycles. The smallest absolute Gasteiger partial charge is 0.321 e. The number of nitrogens with zero attached hydrogens (tertiary/aromatic N) is 3. The van der Waals surface area contributed by atoms with Crippen molar-refractivity contribution < 1.29 is 13.9 Å². The first-order valence-electron chi connectivity index (χ1n) is 7.47. The summed E-state index contributed by atoms with van der Waals surface area (Å²) >= 11 is 0. The van der Waals surface area contributed by atoms with Gasteiger partial charge in [0.2, 0.25) is 5.88 Å². The van der Waals surface area contributed by atoms with E-state index in [-0.39, 0.29) is 17.8 Å². The number of carbonyl (C=O) groups is 1. The summed E-state index contributed by atoms with van der Waals surface area (Å²) in [6.07, 6.45) is 2.98. The van der Waals surface area contributed by atoms with Crippen molar-refractivity contribution in [1.29, 1.82) is 0 Å². The molecule has 7 heteroatoms. The lowest BCUT2D eigenvalue weighted by Crippen LogP contribution is -2.43. The van der Waals surface area contributed by atoms with Gasteiger partial charge in [-0.25, -0.2) is 9.18 Å². The number of amides is 2. The highest BCUT2D eigenvalue weighted by molar-refractivity contribution is 5.89. The molecule has 1 aromatic carbocycles. The first-order valence-corrected chi connectivity index (χ1v) is 7.47. The number of hydrogen-bond acceptors (Lipinski definition) is 4. The van der Waals surface area contributed by atoms with Gasteiger partial charge in [-0.1, -0.05) is 12.1 Å². The van der Waals surface area contributed by atoms with E-state index in [0.29, 0.717) is 31.8 Å². The van der Waals surface area contributed by atoms with Crippen LogP contribution in [0.4, 0.5) is 14.9 Å². The van der Waals surface area contributed by atoms with Gasteiger partial charge in [0.1, 0.15) is 11.9 Å². The largest absolute Gasteiger partial charge is 0.473 e. The Morgan fingerprint density at radius 1 is 1.22 bits per heavy atom. The Labute approximate surface area is 133 Å². The molecule has 0 bridgehead atoms. The molecule has 1 saturated heterocycles. The van der Waals surface area contributed by atoms with Gasteiger partial charge in [0.15, 0.2) is 0 Å². The first kappa shape index (κ1) is 15.2. The number of nitrogens with one attached hydrogen (secondary N) is 1. The van der Waals surface area contributed by atoms with E-state index in [2.05, 4.69) is 15.5 Å². The van der Waals surface area contributed by atoms with Gasteiger partial charge < -0.3 is 15.0 Å². The summed E-state index contributed by atoms with van der Waals surface area (Å²) in [4.78, 5) is 13.8. The summed E-state index contributed by atoms with van der Waals surface area (Å²) in [5.41, 5.74) is 0.190. The molecule has 0 saturated carbocycles. The van der Waals surface area contributed by atoms with Crippen LogP contribution in [0.15, 0.2) is 42.6 Å². The predicted molar refractivity (Wildman–Crippen MR) is 82.7 cm³/mol. The molecule has 0 radical (unpaired) electrons. The number of urea groups is 1. The van der Waals surface area contributed by atoms with Crippen LogP contribution in [0.5, 0.6) is 5.88 Å². The minimum absolute atomic E-state index is 0.00390. The van der Waals surface area contributed by atoms with Crippen LogP contribution in [-0.4, -0.2) is 40.3 Å². The van der Waals surface area contributed by atoms with Crippen molar-refractivity contribution in [3.8, 4) is 5.88 Å². The Bertz CT molecular complexity index is 660. The number of rotatable bonds is 3. The lowest BCUT2D eigenvalue weighted by molar-refractivity contribution is 0.110. The molecule has 0 aliphatic carbocycles.